The number of nitrogens with two attached hydrogens (primary N) is 1. The van der Waals surface area contributed by atoms with E-state index in [4.69, 9.17) is 15.7 Å². The van der Waals surface area contributed by atoms with Gasteiger partial charge in [0.25, 0.3) is 0 Å². The van der Waals surface area contributed by atoms with Crippen molar-refractivity contribution in [3.8, 4) is 0 Å². The summed E-state index contributed by atoms with van der Waals surface area (Å²) in [5.41, 5.74) is 5.39. The number of amidine groups is 1. The average Bonchev–Trinajstić information content (AvgIpc) is 2.21. The molecule has 0 amide bonds. The summed E-state index contributed by atoms with van der Waals surface area (Å²) in [6.45, 7) is 4.76. The van der Waals surface area contributed by atoms with Crippen LogP contribution in [0.2, 0.25) is 0 Å². The predicted octanol–water partition coefficient (Wildman–Crippen LogP) is -0.711. The minimum absolute atomic E-state index is 0.132. The average molecular weight is 218 g/mol. The van der Waals surface area contributed by atoms with Crippen LogP contribution >= 0.6 is 0 Å². The SMILES string of the molecule is CC(NCCOCCN(C)C)C(N)=NO. The lowest BCUT2D eigenvalue weighted by molar-refractivity contribution is 0.119. The Balaban J connectivity index is 3.31. The van der Waals surface area contributed by atoms with Crippen molar-refractivity contribution in [3.05, 3.63) is 0 Å². The number of rotatable bonds is 8. The largest absolute Gasteiger partial charge is 0.409 e. The van der Waals surface area contributed by atoms with Crippen LogP contribution in [0, 0.1) is 0 Å². The van der Waals surface area contributed by atoms with Crippen molar-refractivity contribution in [1.82, 2.24) is 10.2 Å². The summed E-state index contributed by atoms with van der Waals surface area (Å²) in [6.07, 6.45) is 0. The molecule has 6 heteroatoms. The predicted molar refractivity (Wildman–Crippen MR) is 60.2 cm³/mol. The van der Waals surface area contributed by atoms with Gasteiger partial charge in [-0.3, -0.25) is 0 Å². The monoisotopic (exact) mass is 218 g/mol. The zero-order chi connectivity index (χ0) is 11.7. The second-order valence-electron chi connectivity index (χ2n) is 3.62. The molecule has 15 heavy (non-hydrogen) atoms. The van der Waals surface area contributed by atoms with Gasteiger partial charge in [-0.15, -0.1) is 0 Å². The fraction of sp³-hybridized carbons (Fsp3) is 0.889. The first-order valence-corrected chi connectivity index (χ1v) is 5.01. The Labute approximate surface area is 91.1 Å². The standard InChI is InChI=1S/C9H22N4O2/c1-8(9(10)12-14)11-4-6-15-7-5-13(2)3/h8,11,14H,4-7H2,1-3H3,(H2,10,12). The second-order valence-corrected chi connectivity index (χ2v) is 3.62. The molecule has 6 nitrogen and oxygen atoms in total. The van der Waals surface area contributed by atoms with Gasteiger partial charge in [0.2, 0.25) is 0 Å². The van der Waals surface area contributed by atoms with Crippen LogP contribution in [-0.2, 0) is 4.74 Å². The van der Waals surface area contributed by atoms with Crippen molar-refractivity contribution in [1.29, 1.82) is 0 Å². The van der Waals surface area contributed by atoms with Gasteiger partial charge in [0.05, 0.1) is 19.3 Å². The molecule has 0 bridgehead atoms. The third-order valence-electron chi connectivity index (χ3n) is 1.94. The van der Waals surface area contributed by atoms with E-state index < -0.39 is 0 Å². The Hall–Kier alpha value is -0.850. The first-order chi connectivity index (χ1) is 7.07. The zero-order valence-electron chi connectivity index (χ0n) is 9.73. The van der Waals surface area contributed by atoms with Crippen molar-refractivity contribution in [2.24, 2.45) is 10.9 Å². The summed E-state index contributed by atoms with van der Waals surface area (Å²) < 4.78 is 5.36. The summed E-state index contributed by atoms with van der Waals surface area (Å²) >= 11 is 0. The fourth-order valence-corrected chi connectivity index (χ4v) is 0.888. The van der Waals surface area contributed by atoms with Crippen LogP contribution in [0.15, 0.2) is 5.16 Å². The van der Waals surface area contributed by atoms with Gasteiger partial charge < -0.3 is 25.9 Å². The molecule has 0 spiro atoms. The van der Waals surface area contributed by atoms with Crippen LogP contribution in [-0.4, -0.2) is 62.4 Å². The van der Waals surface area contributed by atoms with Crippen molar-refractivity contribution in [2.45, 2.75) is 13.0 Å². The van der Waals surface area contributed by atoms with Gasteiger partial charge in [-0.2, -0.15) is 0 Å². The van der Waals surface area contributed by atoms with Crippen LogP contribution in [0.1, 0.15) is 6.92 Å². The number of nitrogens with one attached hydrogen (secondary N) is 1. The summed E-state index contributed by atoms with van der Waals surface area (Å²) in [4.78, 5) is 2.06. The van der Waals surface area contributed by atoms with Gasteiger partial charge in [0.15, 0.2) is 5.84 Å². The third kappa shape index (κ3) is 8.17. The minimum Gasteiger partial charge on any atom is -0.409 e. The van der Waals surface area contributed by atoms with E-state index in [-0.39, 0.29) is 11.9 Å². The number of likely N-dealkylation sites (N-methyl/N-ethyl adjacent to an activating group) is 1. The molecular weight excluding hydrogens is 196 g/mol. The molecule has 0 radical (unpaired) electrons. The maximum absolute atomic E-state index is 8.39. The van der Waals surface area contributed by atoms with Gasteiger partial charge in [0.1, 0.15) is 0 Å². The number of hydrogen-bond donors (Lipinski definition) is 3. The lowest BCUT2D eigenvalue weighted by Gasteiger charge is -2.13. The lowest BCUT2D eigenvalue weighted by atomic mass is 10.3. The van der Waals surface area contributed by atoms with Crippen molar-refractivity contribution >= 4 is 5.84 Å². The molecule has 0 aromatic heterocycles. The molecule has 0 saturated heterocycles. The van der Waals surface area contributed by atoms with Gasteiger partial charge in [-0.05, 0) is 21.0 Å². The third-order valence-corrected chi connectivity index (χ3v) is 1.94. The Morgan fingerprint density at radius 1 is 1.53 bits per heavy atom. The molecule has 0 aliphatic rings. The van der Waals surface area contributed by atoms with Crippen LogP contribution in [0.25, 0.3) is 0 Å². The molecular formula is C9H22N4O2. The Morgan fingerprint density at radius 3 is 2.73 bits per heavy atom. The van der Waals surface area contributed by atoms with Crippen LogP contribution in [0.3, 0.4) is 0 Å². The first-order valence-electron chi connectivity index (χ1n) is 5.01. The number of ether oxygens (including phenoxy) is 1. The maximum Gasteiger partial charge on any atom is 0.156 e. The van der Waals surface area contributed by atoms with Gasteiger partial charge >= 0.3 is 0 Å². The summed E-state index contributed by atoms with van der Waals surface area (Å²) in [6, 6.07) is -0.132. The van der Waals surface area contributed by atoms with E-state index in [0.29, 0.717) is 19.8 Å². The minimum atomic E-state index is -0.132. The maximum atomic E-state index is 8.39. The summed E-state index contributed by atoms with van der Waals surface area (Å²) in [5.74, 6) is 0.184. The Kier molecular flexibility index (Phi) is 7.98. The van der Waals surface area contributed by atoms with Gasteiger partial charge in [-0.25, -0.2) is 0 Å². The Bertz CT molecular complexity index is 185. The Morgan fingerprint density at radius 2 is 2.20 bits per heavy atom. The molecule has 4 N–H and O–H groups in total. The van der Waals surface area contributed by atoms with E-state index in [1.54, 1.807) is 0 Å². The highest BCUT2D eigenvalue weighted by Crippen LogP contribution is 1.82. The van der Waals surface area contributed by atoms with Crippen molar-refractivity contribution in [2.75, 3.05) is 40.4 Å². The van der Waals surface area contributed by atoms with E-state index in [0.717, 1.165) is 6.54 Å². The number of nitrogens with zero attached hydrogens (tertiary/aromatic N) is 2. The molecule has 1 unspecified atom stereocenters. The topological polar surface area (TPSA) is 83.1 Å². The molecule has 0 aromatic rings. The van der Waals surface area contributed by atoms with Crippen LogP contribution in [0.4, 0.5) is 0 Å². The van der Waals surface area contributed by atoms with Crippen LogP contribution in [0.5, 0.6) is 0 Å². The molecule has 0 saturated carbocycles. The van der Waals surface area contributed by atoms with E-state index in [1.165, 1.54) is 0 Å². The molecule has 0 rings (SSSR count). The van der Waals surface area contributed by atoms with Gasteiger partial charge in [-0.1, -0.05) is 5.16 Å². The molecule has 0 aromatic carbocycles. The van der Waals surface area contributed by atoms with Crippen molar-refractivity contribution in [3.63, 3.8) is 0 Å². The van der Waals surface area contributed by atoms with E-state index >= 15 is 0 Å². The molecule has 0 heterocycles. The van der Waals surface area contributed by atoms with E-state index in [9.17, 15) is 0 Å². The van der Waals surface area contributed by atoms with Crippen molar-refractivity contribution < 1.29 is 9.94 Å². The fourth-order valence-electron chi connectivity index (χ4n) is 0.888. The number of hydrogen-bond acceptors (Lipinski definition) is 5. The van der Waals surface area contributed by atoms with E-state index in [1.807, 2.05) is 21.0 Å². The zero-order valence-corrected chi connectivity index (χ0v) is 9.73. The normalized spacial score (nSPS) is 14.5. The van der Waals surface area contributed by atoms with E-state index in [2.05, 4.69) is 15.4 Å². The second kappa shape index (κ2) is 8.46. The smallest absolute Gasteiger partial charge is 0.156 e. The quantitative estimate of drug-likeness (QED) is 0.165. The highest BCUT2D eigenvalue weighted by atomic mass is 16.5. The molecule has 0 aliphatic heterocycles. The van der Waals surface area contributed by atoms with Crippen LogP contribution < -0.4 is 11.1 Å². The van der Waals surface area contributed by atoms with Gasteiger partial charge in [0, 0.05) is 13.1 Å². The highest BCUT2D eigenvalue weighted by molar-refractivity contribution is 5.84. The lowest BCUT2D eigenvalue weighted by Crippen LogP contribution is -2.40. The molecule has 0 fully saturated rings. The molecule has 90 valence electrons. The number of oxime groups is 1. The highest BCUT2D eigenvalue weighted by Gasteiger charge is 2.04. The molecule has 1 atom stereocenters. The molecule has 0 aliphatic carbocycles. The first kappa shape index (κ1) is 14.2. The summed E-state index contributed by atoms with van der Waals surface area (Å²) in [7, 11) is 4.00. The summed E-state index contributed by atoms with van der Waals surface area (Å²) in [5, 5.41) is 14.4.